The van der Waals surface area contributed by atoms with Crippen LogP contribution in [0.5, 0.6) is 0 Å². The van der Waals surface area contributed by atoms with E-state index in [9.17, 15) is 4.79 Å². The number of hydrogen-bond acceptors (Lipinski definition) is 4. The predicted octanol–water partition coefficient (Wildman–Crippen LogP) is 4.03. The summed E-state index contributed by atoms with van der Waals surface area (Å²) in [5, 5.41) is 2.97. The van der Waals surface area contributed by atoms with Crippen molar-refractivity contribution >= 4 is 6.09 Å². The van der Waals surface area contributed by atoms with Crippen LogP contribution in [0.15, 0.2) is 12.7 Å². The van der Waals surface area contributed by atoms with Crippen LogP contribution in [0.4, 0.5) is 4.79 Å². The molecular weight excluding hydrogens is 294 g/mol. The summed E-state index contributed by atoms with van der Waals surface area (Å²) in [6, 6.07) is -0.152. The van der Waals surface area contributed by atoms with Crippen LogP contribution in [0, 0.1) is 5.92 Å². The highest BCUT2D eigenvalue weighted by molar-refractivity contribution is 5.68. The number of hydrogen-bond donors (Lipinski definition) is 1. The summed E-state index contributed by atoms with van der Waals surface area (Å²) in [6.45, 7) is 9.58. The second-order valence-corrected chi connectivity index (χ2v) is 7.27. The van der Waals surface area contributed by atoms with Crippen LogP contribution in [0.3, 0.4) is 0 Å². The van der Waals surface area contributed by atoms with Gasteiger partial charge in [0.1, 0.15) is 12.4 Å². The fourth-order valence-electron chi connectivity index (χ4n) is 3.01. The number of carbonyl (C=O) groups excluding carboxylic acids is 1. The number of nitrogens with one attached hydrogen (secondary N) is 1. The van der Waals surface area contributed by atoms with Gasteiger partial charge in [-0.05, 0) is 33.1 Å². The Morgan fingerprint density at radius 1 is 1.30 bits per heavy atom. The summed E-state index contributed by atoms with van der Waals surface area (Å²) in [6.07, 6.45) is 8.16. The highest BCUT2D eigenvalue weighted by atomic mass is 16.7. The summed E-state index contributed by atoms with van der Waals surface area (Å²) in [5.74, 6) is 0.609. The van der Waals surface area contributed by atoms with Gasteiger partial charge in [0.2, 0.25) is 0 Å². The average Bonchev–Trinajstić information content (AvgIpc) is 2.47. The Morgan fingerprint density at radius 2 is 1.96 bits per heavy atom. The number of rotatable bonds is 8. The molecule has 1 saturated carbocycles. The molecule has 1 aliphatic rings. The van der Waals surface area contributed by atoms with Crippen molar-refractivity contribution in [3.05, 3.63) is 12.7 Å². The van der Waals surface area contributed by atoms with Crippen molar-refractivity contribution in [2.45, 2.75) is 77.0 Å². The van der Waals surface area contributed by atoms with Gasteiger partial charge in [0.25, 0.3) is 0 Å². The summed E-state index contributed by atoms with van der Waals surface area (Å²) >= 11 is 0. The average molecular weight is 327 g/mol. The first-order valence-corrected chi connectivity index (χ1v) is 8.58. The van der Waals surface area contributed by atoms with E-state index in [1.807, 2.05) is 20.8 Å². The molecule has 0 aromatic heterocycles. The van der Waals surface area contributed by atoms with Gasteiger partial charge >= 0.3 is 6.09 Å². The van der Waals surface area contributed by atoms with Gasteiger partial charge in [-0.2, -0.15) is 0 Å². The SMILES string of the molecule is C=C[C@H](OCOC)[C@H](CC1CCCCC1)NC(=O)OC(C)(C)C. The fraction of sp³-hybridized carbons (Fsp3) is 0.833. The summed E-state index contributed by atoms with van der Waals surface area (Å²) in [4.78, 5) is 12.2. The van der Waals surface area contributed by atoms with Gasteiger partial charge in [-0.3, -0.25) is 0 Å². The van der Waals surface area contributed by atoms with Crippen molar-refractivity contribution < 1.29 is 19.0 Å². The van der Waals surface area contributed by atoms with Crippen molar-refractivity contribution in [3.8, 4) is 0 Å². The van der Waals surface area contributed by atoms with Gasteiger partial charge in [-0.25, -0.2) is 4.79 Å². The smallest absolute Gasteiger partial charge is 0.407 e. The van der Waals surface area contributed by atoms with Gasteiger partial charge in [0.05, 0.1) is 12.1 Å². The Balaban J connectivity index is 2.68. The topological polar surface area (TPSA) is 56.8 Å². The van der Waals surface area contributed by atoms with Crippen molar-refractivity contribution in [2.24, 2.45) is 5.92 Å². The molecule has 5 heteroatoms. The van der Waals surface area contributed by atoms with Crippen LogP contribution in [0.25, 0.3) is 0 Å². The van der Waals surface area contributed by atoms with Gasteiger partial charge in [0, 0.05) is 7.11 Å². The van der Waals surface area contributed by atoms with Crippen LogP contribution < -0.4 is 5.32 Å². The van der Waals surface area contributed by atoms with Gasteiger partial charge < -0.3 is 19.5 Å². The van der Waals surface area contributed by atoms with Gasteiger partial charge in [0.15, 0.2) is 0 Å². The first-order chi connectivity index (χ1) is 10.9. The predicted molar refractivity (Wildman–Crippen MR) is 91.3 cm³/mol. The lowest BCUT2D eigenvalue weighted by molar-refractivity contribution is -0.0688. The highest BCUT2D eigenvalue weighted by Gasteiger charge is 2.28. The minimum absolute atomic E-state index is 0.152. The zero-order valence-electron chi connectivity index (χ0n) is 15.1. The van der Waals surface area contributed by atoms with E-state index in [0.717, 1.165) is 6.42 Å². The molecule has 1 aliphatic carbocycles. The molecule has 0 aliphatic heterocycles. The number of carbonyl (C=O) groups is 1. The number of ether oxygens (including phenoxy) is 3. The third-order valence-corrected chi connectivity index (χ3v) is 4.02. The van der Waals surface area contributed by atoms with E-state index in [0.29, 0.717) is 5.92 Å². The summed E-state index contributed by atoms with van der Waals surface area (Å²) < 4.78 is 16.0. The van der Waals surface area contributed by atoms with Crippen LogP contribution >= 0.6 is 0 Å². The lowest BCUT2D eigenvalue weighted by Gasteiger charge is -2.31. The molecule has 2 atom stereocenters. The van der Waals surface area contributed by atoms with Gasteiger partial charge in [-0.1, -0.05) is 38.2 Å². The maximum absolute atomic E-state index is 12.2. The van der Waals surface area contributed by atoms with E-state index < -0.39 is 11.7 Å². The molecule has 0 radical (unpaired) electrons. The molecule has 0 spiro atoms. The van der Waals surface area contributed by atoms with Crippen LogP contribution in [-0.2, 0) is 14.2 Å². The van der Waals surface area contributed by atoms with E-state index in [1.165, 1.54) is 32.1 Å². The molecule has 134 valence electrons. The monoisotopic (exact) mass is 327 g/mol. The Kier molecular flexibility index (Phi) is 8.63. The maximum Gasteiger partial charge on any atom is 0.407 e. The van der Waals surface area contributed by atoms with E-state index in [2.05, 4.69) is 11.9 Å². The van der Waals surface area contributed by atoms with E-state index in [-0.39, 0.29) is 18.9 Å². The molecule has 0 aromatic carbocycles. The molecule has 0 unspecified atom stereocenters. The number of alkyl carbamates (subject to hydrolysis) is 1. The first kappa shape index (κ1) is 20.0. The number of methoxy groups -OCH3 is 1. The molecule has 0 saturated heterocycles. The zero-order chi connectivity index (χ0) is 17.3. The zero-order valence-corrected chi connectivity index (χ0v) is 15.1. The normalized spacial score (nSPS) is 19.0. The molecule has 5 nitrogen and oxygen atoms in total. The quantitative estimate of drug-likeness (QED) is 0.540. The summed E-state index contributed by atoms with van der Waals surface area (Å²) in [5.41, 5.74) is -0.517. The Labute approximate surface area is 140 Å². The van der Waals surface area contributed by atoms with Crippen LogP contribution in [-0.4, -0.2) is 37.7 Å². The Morgan fingerprint density at radius 3 is 2.48 bits per heavy atom. The Bertz CT molecular complexity index is 359. The highest BCUT2D eigenvalue weighted by Crippen LogP contribution is 2.28. The molecule has 1 N–H and O–H groups in total. The minimum Gasteiger partial charge on any atom is -0.444 e. The summed E-state index contributed by atoms with van der Waals surface area (Å²) in [7, 11) is 1.58. The standard InChI is InChI=1S/C18H33NO4/c1-6-16(22-13-21-5)15(12-14-10-8-7-9-11-14)19-17(20)23-18(2,3)4/h6,14-16H,1,7-13H2,2-5H3,(H,19,20)/t15-,16-/m0/s1. The largest absolute Gasteiger partial charge is 0.444 e. The third-order valence-electron chi connectivity index (χ3n) is 4.02. The van der Waals surface area contributed by atoms with Crippen LogP contribution in [0.1, 0.15) is 59.3 Å². The molecule has 23 heavy (non-hydrogen) atoms. The van der Waals surface area contributed by atoms with Crippen molar-refractivity contribution in [1.29, 1.82) is 0 Å². The molecular formula is C18H33NO4. The minimum atomic E-state index is -0.517. The van der Waals surface area contributed by atoms with E-state index >= 15 is 0 Å². The van der Waals surface area contributed by atoms with Gasteiger partial charge in [-0.15, -0.1) is 6.58 Å². The first-order valence-electron chi connectivity index (χ1n) is 8.58. The van der Waals surface area contributed by atoms with Crippen molar-refractivity contribution in [3.63, 3.8) is 0 Å². The lowest BCUT2D eigenvalue weighted by Crippen LogP contribution is -2.47. The second kappa shape index (κ2) is 9.93. The van der Waals surface area contributed by atoms with Crippen molar-refractivity contribution in [2.75, 3.05) is 13.9 Å². The van der Waals surface area contributed by atoms with E-state index in [1.54, 1.807) is 13.2 Å². The Hall–Kier alpha value is -1.07. The molecule has 1 fully saturated rings. The van der Waals surface area contributed by atoms with Crippen molar-refractivity contribution in [1.82, 2.24) is 5.32 Å². The van der Waals surface area contributed by atoms with Crippen LogP contribution in [0.2, 0.25) is 0 Å². The number of amides is 1. The second-order valence-electron chi connectivity index (χ2n) is 7.27. The molecule has 1 rings (SSSR count). The third kappa shape index (κ3) is 8.37. The molecule has 1 amide bonds. The fourth-order valence-corrected chi connectivity index (χ4v) is 3.01. The molecule has 0 aromatic rings. The molecule has 0 bridgehead atoms. The molecule has 0 heterocycles. The lowest BCUT2D eigenvalue weighted by atomic mass is 9.83. The van der Waals surface area contributed by atoms with E-state index in [4.69, 9.17) is 14.2 Å². The maximum atomic E-state index is 12.2.